The van der Waals surface area contributed by atoms with Gasteiger partial charge in [-0.25, -0.2) is 4.79 Å². The van der Waals surface area contributed by atoms with Crippen LogP contribution >= 0.6 is 0 Å². The number of hydrogen-bond acceptors (Lipinski definition) is 5. The number of rotatable bonds is 7. The van der Waals surface area contributed by atoms with Crippen LogP contribution in [0.1, 0.15) is 43.1 Å². The molecule has 1 aliphatic heterocycles. The van der Waals surface area contributed by atoms with Gasteiger partial charge in [-0.1, -0.05) is 18.2 Å². The number of amides is 2. The van der Waals surface area contributed by atoms with Crippen molar-refractivity contribution in [2.75, 3.05) is 18.5 Å². The predicted octanol–water partition coefficient (Wildman–Crippen LogP) is 2.54. The molecule has 3 aromatic rings. The van der Waals surface area contributed by atoms with Crippen LogP contribution in [-0.4, -0.2) is 40.2 Å². The lowest BCUT2D eigenvalue weighted by atomic mass is 10.0. The van der Waals surface area contributed by atoms with Crippen LogP contribution in [0.25, 0.3) is 10.9 Å². The number of anilines is 1. The summed E-state index contributed by atoms with van der Waals surface area (Å²) in [5, 5.41) is 6.16. The zero-order chi connectivity index (χ0) is 25.4. The maximum atomic E-state index is 13.3. The molecule has 2 atom stereocenters. The first kappa shape index (κ1) is 24.0. The summed E-state index contributed by atoms with van der Waals surface area (Å²) in [7, 11) is 0. The van der Waals surface area contributed by atoms with E-state index in [0.717, 1.165) is 12.8 Å². The minimum absolute atomic E-state index is 0.129. The van der Waals surface area contributed by atoms with Crippen LogP contribution in [-0.2, 0) is 16.1 Å². The summed E-state index contributed by atoms with van der Waals surface area (Å²) >= 11 is 0. The Bertz CT molecular complexity index is 1420. The van der Waals surface area contributed by atoms with E-state index >= 15 is 0 Å². The standard InChI is InChI=1S/C27H30N4O5/c1-16(2)31-23-11-10-19(12-20(23)26(34)30(27(31)35)13-17-8-9-17)28-25(33)21-14-36-15-22(21)29-24(32)18-6-4-3-5-7-18/h3-7,10-12,16-17,21-22H,8-9,13-15H2,1-2H3,(H,28,33)(H,29,32)/t21-,22+/m0/s1. The maximum Gasteiger partial charge on any atom is 0.331 e. The lowest BCUT2D eigenvalue weighted by Crippen LogP contribution is -2.44. The fraction of sp³-hybridized carbons (Fsp3) is 0.407. The highest BCUT2D eigenvalue weighted by Crippen LogP contribution is 2.30. The number of benzene rings is 2. The molecule has 2 N–H and O–H groups in total. The summed E-state index contributed by atoms with van der Waals surface area (Å²) in [6, 6.07) is 13.2. The van der Waals surface area contributed by atoms with E-state index in [2.05, 4.69) is 10.6 Å². The Morgan fingerprint density at radius 3 is 2.50 bits per heavy atom. The Labute approximate surface area is 208 Å². The molecule has 9 heteroatoms. The normalized spacial score (nSPS) is 19.5. The second-order valence-electron chi connectivity index (χ2n) is 9.92. The molecule has 1 aliphatic carbocycles. The van der Waals surface area contributed by atoms with Crippen molar-refractivity contribution in [3.63, 3.8) is 0 Å². The van der Waals surface area contributed by atoms with E-state index in [0.29, 0.717) is 34.6 Å². The molecular formula is C27H30N4O5. The van der Waals surface area contributed by atoms with E-state index in [-0.39, 0.29) is 42.3 Å². The third-order valence-electron chi connectivity index (χ3n) is 6.86. The van der Waals surface area contributed by atoms with Gasteiger partial charge in [-0.3, -0.25) is 23.5 Å². The van der Waals surface area contributed by atoms with Crippen LogP contribution in [0.3, 0.4) is 0 Å². The number of carbonyl (C=O) groups excluding carboxylic acids is 2. The van der Waals surface area contributed by atoms with Gasteiger partial charge >= 0.3 is 5.69 Å². The van der Waals surface area contributed by atoms with Gasteiger partial charge in [0, 0.05) is 23.8 Å². The van der Waals surface area contributed by atoms with Gasteiger partial charge in [0.15, 0.2) is 0 Å². The van der Waals surface area contributed by atoms with Gasteiger partial charge in [-0.15, -0.1) is 0 Å². The van der Waals surface area contributed by atoms with E-state index in [1.807, 2.05) is 19.9 Å². The number of hydrogen-bond donors (Lipinski definition) is 2. The average Bonchev–Trinajstić information content (AvgIpc) is 3.57. The monoisotopic (exact) mass is 490 g/mol. The third-order valence-corrected chi connectivity index (χ3v) is 6.86. The summed E-state index contributed by atoms with van der Waals surface area (Å²) in [6.45, 7) is 4.65. The second-order valence-corrected chi connectivity index (χ2v) is 9.92. The third kappa shape index (κ3) is 4.70. The van der Waals surface area contributed by atoms with Crippen LogP contribution in [0, 0.1) is 11.8 Å². The van der Waals surface area contributed by atoms with E-state index in [4.69, 9.17) is 4.74 Å². The molecule has 1 aromatic heterocycles. The number of fused-ring (bicyclic) bond motifs is 1. The fourth-order valence-corrected chi connectivity index (χ4v) is 4.71. The SMILES string of the molecule is CC(C)n1c(=O)n(CC2CC2)c(=O)c2cc(NC(=O)[C@H]3COC[C@H]3NC(=O)c3ccccc3)ccc21. The van der Waals surface area contributed by atoms with Crippen molar-refractivity contribution in [2.24, 2.45) is 11.8 Å². The molecule has 0 spiro atoms. The van der Waals surface area contributed by atoms with Crippen molar-refractivity contribution in [1.82, 2.24) is 14.5 Å². The van der Waals surface area contributed by atoms with Gasteiger partial charge in [0.05, 0.1) is 36.1 Å². The number of nitrogens with one attached hydrogen (secondary N) is 2. The molecule has 2 aliphatic rings. The Morgan fingerprint density at radius 2 is 1.81 bits per heavy atom. The van der Waals surface area contributed by atoms with Gasteiger partial charge in [-0.05, 0) is 62.9 Å². The minimum atomic E-state index is -0.579. The van der Waals surface area contributed by atoms with Gasteiger partial charge in [-0.2, -0.15) is 0 Å². The molecule has 2 amide bonds. The van der Waals surface area contributed by atoms with Crippen molar-refractivity contribution in [2.45, 2.75) is 45.3 Å². The molecule has 1 saturated carbocycles. The number of ether oxygens (including phenoxy) is 1. The van der Waals surface area contributed by atoms with E-state index in [1.165, 1.54) is 4.57 Å². The van der Waals surface area contributed by atoms with Crippen LogP contribution < -0.4 is 21.9 Å². The molecule has 188 valence electrons. The quantitative estimate of drug-likeness (QED) is 0.529. The first-order chi connectivity index (χ1) is 17.3. The number of aromatic nitrogens is 2. The van der Waals surface area contributed by atoms with Crippen molar-refractivity contribution < 1.29 is 14.3 Å². The maximum absolute atomic E-state index is 13.3. The first-order valence-electron chi connectivity index (χ1n) is 12.4. The van der Waals surface area contributed by atoms with Crippen molar-refractivity contribution in [1.29, 1.82) is 0 Å². The Morgan fingerprint density at radius 1 is 1.06 bits per heavy atom. The first-order valence-corrected chi connectivity index (χ1v) is 12.4. The zero-order valence-electron chi connectivity index (χ0n) is 20.4. The fourth-order valence-electron chi connectivity index (χ4n) is 4.71. The Kier molecular flexibility index (Phi) is 6.49. The van der Waals surface area contributed by atoms with Crippen molar-refractivity contribution in [3.8, 4) is 0 Å². The lowest BCUT2D eigenvalue weighted by Gasteiger charge is -2.20. The highest BCUT2D eigenvalue weighted by atomic mass is 16.5. The van der Waals surface area contributed by atoms with Gasteiger partial charge in [0.25, 0.3) is 11.5 Å². The molecule has 9 nitrogen and oxygen atoms in total. The highest BCUT2D eigenvalue weighted by Gasteiger charge is 2.35. The van der Waals surface area contributed by atoms with Crippen LogP contribution in [0.15, 0.2) is 58.1 Å². The molecule has 0 bridgehead atoms. The minimum Gasteiger partial charge on any atom is -0.378 e. The molecule has 36 heavy (non-hydrogen) atoms. The van der Waals surface area contributed by atoms with Gasteiger partial charge in [0.2, 0.25) is 5.91 Å². The Balaban J connectivity index is 1.39. The number of carbonyl (C=O) groups is 2. The molecule has 0 unspecified atom stereocenters. The van der Waals surface area contributed by atoms with E-state index in [1.54, 1.807) is 47.0 Å². The smallest absolute Gasteiger partial charge is 0.331 e. The zero-order valence-corrected chi connectivity index (χ0v) is 20.4. The van der Waals surface area contributed by atoms with E-state index < -0.39 is 12.0 Å². The predicted molar refractivity (Wildman–Crippen MR) is 136 cm³/mol. The summed E-state index contributed by atoms with van der Waals surface area (Å²) in [4.78, 5) is 52.0. The van der Waals surface area contributed by atoms with Crippen LogP contribution in [0.2, 0.25) is 0 Å². The van der Waals surface area contributed by atoms with Gasteiger partial charge < -0.3 is 15.4 Å². The molecule has 1 saturated heterocycles. The topological polar surface area (TPSA) is 111 Å². The lowest BCUT2D eigenvalue weighted by molar-refractivity contribution is -0.120. The average molecular weight is 491 g/mol. The second kappa shape index (κ2) is 9.73. The molecular weight excluding hydrogens is 460 g/mol. The van der Waals surface area contributed by atoms with Crippen molar-refractivity contribution in [3.05, 3.63) is 74.9 Å². The van der Waals surface area contributed by atoms with Crippen molar-refractivity contribution >= 4 is 28.4 Å². The van der Waals surface area contributed by atoms with Crippen LogP contribution in [0.4, 0.5) is 5.69 Å². The molecule has 2 fully saturated rings. The van der Waals surface area contributed by atoms with Crippen LogP contribution in [0.5, 0.6) is 0 Å². The number of nitrogens with zero attached hydrogens (tertiary/aromatic N) is 2. The highest BCUT2D eigenvalue weighted by molar-refractivity contribution is 5.97. The summed E-state index contributed by atoms with van der Waals surface area (Å²) in [5.41, 5.74) is 0.869. The largest absolute Gasteiger partial charge is 0.378 e. The van der Waals surface area contributed by atoms with E-state index in [9.17, 15) is 19.2 Å². The molecule has 2 heterocycles. The Hall–Kier alpha value is -3.72. The molecule has 5 rings (SSSR count). The summed E-state index contributed by atoms with van der Waals surface area (Å²) < 4.78 is 8.46. The molecule has 2 aromatic carbocycles. The summed E-state index contributed by atoms with van der Waals surface area (Å²) in [5.74, 6) is -0.788. The van der Waals surface area contributed by atoms with Gasteiger partial charge in [0.1, 0.15) is 0 Å². The summed E-state index contributed by atoms with van der Waals surface area (Å²) in [6.07, 6.45) is 2.04. The molecule has 0 radical (unpaired) electrons.